The SMILES string of the molecule is CCCCCN(C(C)C)C(CN)COC. The number of hydrogen-bond donors (Lipinski definition) is 1. The lowest BCUT2D eigenvalue weighted by Gasteiger charge is -2.33. The van der Waals surface area contributed by atoms with Gasteiger partial charge in [-0.15, -0.1) is 0 Å². The van der Waals surface area contributed by atoms with E-state index in [-0.39, 0.29) is 0 Å². The van der Waals surface area contributed by atoms with Gasteiger partial charge in [0.1, 0.15) is 0 Å². The molecule has 92 valence electrons. The Balaban J connectivity index is 4.09. The Bertz CT molecular complexity index is 140. The maximum absolute atomic E-state index is 5.78. The van der Waals surface area contributed by atoms with Crippen molar-refractivity contribution in [1.82, 2.24) is 4.90 Å². The monoisotopic (exact) mass is 216 g/mol. The first-order valence-electron chi connectivity index (χ1n) is 6.12. The highest BCUT2D eigenvalue weighted by Gasteiger charge is 2.18. The van der Waals surface area contributed by atoms with E-state index in [1.165, 1.54) is 19.3 Å². The summed E-state index contributed by atoms with van der Waals surface area (Å²) in [6.07, 6.45) is 3.83. The molecule has 0 aromatic carbocycles. The van der Waals surface area contributed by atoms with Crippen molar-refractivity contribution < 1.29 is 4.74 Å². The van der Waals surface area contributed by atoms with Gasteiger partial charge in [-0.05, 0) is 26.8 Å². The molecule has 0 heterocycles. The van der Waals surface area contributed by atoms with Crippen LogP contribution in [0.25, 0.3) is 0 Å². The molecule has 0 saturated carbocycles. The maximum Gasteiger partial charge on any atom is 0.0630 e. The Labute approximate surface area is 95.0 Å². The molecule has 3 heteroatoms. The van der Waals surface area contributed by atoms with Crippen molar-refractivity contribution in [3.8, 4) is 0 Å². The van der Waals surface area contributed by atoms with Crippen molar-refractivity contribution in [2.75, 3.05) is 26.8 Å². The summed E-state index contributed by atoms with van der Waals surface area (Å²) in [5.74, 6) is 0. The van der Waals surface area contributed by atoms with Gasteiger partial charge in [-0.3, -0.25) is 4.90 Å². The summed E-state index contributed by atoms with van der Waals surface area (Å²) >= 11 is 0. The van der Waals surface area contributed by atoms with Gasteiger partial charge in [0.2, 0.25) is 0 Å². The Morgan fingerprint density at radius 1 is 1.27 bits per heavy atom. The zero-order valence-electron chi connectivity index (χ0n) is 10.8. The molecular weight excluding hydrogens is 188 g/mol. The molecule has 3 nitrogen and oxygen atoms in total. The van der Waals surface area contributed by atoms with E-state index in [1.54, 1.807) is 7.11 Å². The summed E-state index contributed by atoms with van der Waals surface area (Å²) in [6, 6.07) is 0.914. The number of methoxy groups -OCH3 is 1. The van der Waals surface area contributed by atoms with E-state index in [0.29, 0.717) is 18.6 Å². The van der Waals surface area contributed by atoms with Crippen molar-refractivity contribution in [2.45, 2.75) is 52.1 Å². The van der Waals surface area contributed by atoms with Crippen molar-refractivity contribution in [3.05, 3.63) is 0 Å². The Morgan fingerprint density at radius 2 is 1.93 bits per heavy atom. The van der Waals surface area contributed by atoms with Crippen molar-refractivity contribution in [1.29, 1.82) is 0 Å². The van der Waals surface area contributed by atoms with Crippen LogP contribution in [0.2, 0.25) is 0 Å². The van der Waals surface area contributed by atoms with E-state index in [9.17, 15) is 0 Å². The van der Waals surface area contributed by atoms with Crippen molar-refractivity contribution >= 4 is 0 Å². The van der Waals surface area contributed by atoms with Crippen LogP contribution in [0, 0.1) is 0 Å². The summed E-state index contributed by atoms with van der Waals surface area (Å²) in [4.78, 5) is 2.46. The zero-order valence-corrected chi connectivity index (χ0v) is 10.8. The van der Waals surface area contributed by atoms with E-state index >= 15 is 0 Å². The third-order valence-electron chi connectivity index (χ3n) is 2.78. The quantitative estimate of drug-likeness (QED) is 0.598. The summed E-state index contributed by atoms with van der Waals surface area (Å²) in [6.45, 7) is 9.24. The normalized spacial score (nSPS) is 13.8. The van der Waals surface area contributed by atoms with Gasteiger partial charge >= 0.3 is 0 Å². The second-order valence-electron chi connectivity index (χ2n) is 4.38. The Kier molecular flexibility index (Phi) is 9.06. The number of ether oxygens (including phenoxy) is 1. The minimum absolute atomic E-state index is 0.367. The molecule has 15 heavy (non-hydrogen) atoms. The minimum atomic E-state index is 0.367. The summed E-state index contributed by atoms with van der Waals surface area (Å²) < 4.78 is 5.21. The third-order valence-corrected chi connectivity index (χ3v) is 2.78. The molecule has 0 saturated heterocycles. The second-order valence-corrected chi connectivity index (χ2v) is 4.38. The summed E-state index contributed by atoms with van der Waals surface area (Å²) in [7, 11) is 1.74. The van der Waals surface area contributed by atoms with Crippen LogP contribution in [-0.4, -0.2) is 43.8 Å². The van der Waals surface area contributed by atoms with Gasteiger partial charge in [0.05, 0.1) is 6.61 Å². The molecule has 2 N–H and O–H groups in total. The van der Waals surface area contributed by atoms with E-state index in [0.717, 1.165) is 13.2 Å². The van der Waals surface area contributed by atoms with Crippen LogP contribution in [0.1, 0.15) is 40.0 Å². The molecule has 0 aliphatic carbocycles. The summed E-state index contributed by atoms with van der Waals surface area (Å²) in [5.41, 5.74) is 5.78. The molecule has 0 radical (unpaired) electrons. The highest BCUT2D eigenvalue weighted by atomic mass is 16.5. The molecule has 1 unspecified atom stereocenters. The molecular formula is C12H28N2O. The molecule has 0 spiro atoms. The Hall–Kier alpha value is -0.120. The van der Waals surface area contributed by atoms with Gasteiger partial charge in [0.15, 0.2) is 0 Å². The van der Waals surface area contributed by atoms with Crippen LogP contribution in [0.15, 0.2) is 0 Å². The fourth-order valence-electron chi connectivity index (χ4n) is 1.90. The zero-order chi connectivity index (χ0) is 11.7. The first kappa shape index (κ1) is 14.9. The van der Waals surface area contributed by atoms with Gasteiger partial charge < -0.3 is 10.5 Å². The molecule has 0 aliphatic heterocycles. The van der Waals surface area contributed by atoms with Gasteiger partial charge in [-0.25, -0.2) is 0 Å². The average Bonchev–Trinajstić information content (AvgIpc) is 2.21. The van der Waals surface area contributed by atoms with Gasteiger partial charge in [-0.1, -0.05) is 19.8 Å². The first-order chi connectivity index (χ1) is 7.17. The maximum atomic E-state index is 5.78. The topological polar surface area (TPSA) is 38.5 Å². The van der Waals surface area contributed by atoms with Gasteiger partial charge in [0, 0.05) is 25.7 Å². The Morgan fingerprint density at radius 3 is 2.33 bits per heavy atom. The molecule has 0 aromatic heterocycles. The minimum Gasteiger partial charge on any atom is -0.383 e. The number of hydrogen-bond acceptors (Lipinski definition) is 3. The van der Waals surface area contributed by atoms with Crippen LogP contribution in [0.3, 0.4) is 0 Å². The fourth-order valence-corrected chi connectivity index (χ4v) is 1.90. The number of nitrogens with two attached hydrogens (primary N) is 1. The molecule has 0 fully saturated rings. The first-order valence-corrected chi connectivity index (χ1v) is 6.12. The lowest BCUT2D eigenvalue weighted by atomic mass is 10.1. The molecule has 0 bridgehead atoms. The van der Waals surface area contributed by atoms with Gasteiger partial charge in [0.25, 0.3) is 0 Å². The van der Waals surface area contributed by atoms with Crippen LogP contribution in [0.5, 0.6) is 0 Å². The van der Waals surface area contributed by atoms with Crippen LogP contribution in [0.4, 0.5) is 0 Å². The lowest BCUT2D eigenvalue weighted by Crippen LogP contribution is -2.47. The standard InChI is InChI=1S/C12H28N2O/c1-5-6-7-8-14(11(2)3)12(9-13)10-15-4/h11-12H,5-10,13H2,1-4H3. The molecule has 1 atom stereocenters. The molecule has 0 aliphatic rings. The smallest absolute Gasteiger partial charge is 0.0630 e. The molecule has 0 rings (SSSR count). The van der Waals surface area contributed by atoms with E-state index in [1.807, 2.05) is 0 Å². The van der Waals surface area contributed by atoms with E-state index in [4.69, 9.17) is 10.5 Å². The predicted molar refractivity (Wildman–Crippen MR) is 66.1 cm³/mol. The highest BCUT2D eigenvalue weighted by molar-refractivity contribution is 4.75. The molecule has 0 aromatic rings. The van der Waals surface area contributed by atoms with Gasteiger partial charge in [-0.2, -0.15) is 0 Å². The van der Waals surface area contributed by atoms with Crippen LogP contribution in [-0.2, 0) is 4.74 Å². The third kappa shape index (κ3) is 6.13. The predicted octanol–water partition coefficient (Wildman–Crippen LogP) is 1.86. The molecule has 0 amide bonds. The highest BCUT2D eigenvalue weighted by Crippen LogP contribution is 2.08. The second kappa shape index (κ2) is 9.13. The van der Waals surface area contributed by atoms with Crippen LogP contribution >= 0.6 is 0 Å². The number of nitrogens with zero attached hydrogens (tertiary/aromatic N) is 1. The largest absolute Gasteiger partial charge is 0.383 e. The van der Waals surface area contributed by atoms with Crippen LogP contribution < -0.4 is 5.73 Å². The van der Waals surface area contributed by atoms with Crippen molar-refractivity contribution in [3.63, 3.8) is 0 Å². The summed E-state index contributed by atoms with van der Waals surface area (Å²) in [5, 5.41) is 0. The number of rotatable bonds is 9. The van der Waals surface area contributed by atoms with E-state index < -0.39 is 0 Å². The van der Waals surface area contributed by atoms with E-state index in [2.05, 4.69) is 25.7 Å². The lowest BCUT2D eigenvalue weighted by molar-refractivity contribution is 0.0727. The fraction of sp³-hybridized carbons (Fsp3) is 1.00. The number of unbranched alkanes of at least 4 members (excludes halogenated alkanes) is 2. The average molecular weight is 216 g/mol. The van der Waals surface area contributed by atoms with Crippen molar-refractivity contribution in [2.24, 2.45) is 5.73 Å².